The number of aromatic nitrogens is 2. The average molecular weight is 256 g/mol. The largest absolute Gasteiger partial charge is 0.352 e. The number of nitrogens with zero attached hydrogens (tertiary/aromatic N) is 3. The molecule has 1 aromatic carbocycles. The van der Waals surface area contributed by atoms with Gasteiger partial charge in [0.15, 0.2) is 5.82 Å². The van der Waals surface area contributed by atoms with Crippen LogP contribution in [0, 0.1) is 0 Å². The first-order chi connectivity index (χ1) is 9.40. The Morgan fingerprint density at radius 2 is 2.16 bits per heavy atom. The zero-order valence-electron chi connectivity index (χ0n) is 11.1. The summed E-state index contributed by atoms with van der Waals surface area (Å²) in [5, 5.41) is 10.9. The summed E-state index contributed by atoms with van der Waals surface area (Å²) in [4.78, 5) is 2.41. The summed E-state index contributed by atoms with van der Waals surface area (Å²) in [6, 6.07) is 8.85. The molecule has 2 N–H and O–H groups in total. The van der Waals surface area contributed by atoms with E-state index in [0.29, 0.717) is 6.04 Å². The number of hydrogen-bond acceptors (Lipinski definition) is 4. The smallest absolute Gasteiger partial charge is 0.159 e. The van der Waals surface area contributed by atoms with E-state index in [1.54, 1.807) is 0 Å². The minimum Gasteiger partial charge on any atom is -0.352 e. The summed E-state index contributed by atoms with van der Waals surface area (Å²) in [6.07, 6.45) is 6.60. The van der Waals surface area contributed by atoms with E-state index in [1.807, 2.05) is 12.3 Å². The minimum absolute atomic E-state index is 0.513. The van der Waals surface area contributed by atoms with Crippen molar-refractivity contribution in [3.63, 3.8) is 0 Å². The lowest BCUT2D eigenvalue weighted by molar-refractivity contribution is 0.439. The van der Waals surface area contributed by atoms with Crippen molar-refractivity contribution in [1.82, 2.24) is 10.2 Å². The fraction of sp³-hybridized carbons (Fsp3) is 0.467. The van der Waals surface area contributed by atoms with Crippen LogP contribution in [0.1, 0.15) is 25.7 Å². The fourth-order valence-electron chi connectivity index (χ4n) is 3.00. The lowest BCUT2D eigenvalue weighted by Crippen LogP contribution is -2.41. The van der Waals surface area contributed by atoms with Crippen molar-refractivity contribution in [3.05, 3.63) is 30.5 Å². The average Bonchev–Trinajstić information content (AvgIpc) is 2.48. The summed E-state index contributed by atoms with van der Waals surface area (Å²) in [6.45, 7) is 1.80. The van der Waals surface area contributed by atoms with Crippen molar-refractivity contribution in [2.45, 2.75) is 31.7 Å². The topological polar surface area (TPSA) is 55.0 Å². The lowest BCUT2D eigenvalue weighted by atomic mass is 9.98. The molecule has 0 saturated carbocycles. The Balaban J connectivity index is 2.02. The van der Waals surface area contributed by atoms with Gasteiger partial charge in [-0.25, -0.2) is 0 Å². The minimum atomic E-state index is 0.513. The Morgan fingerprint density at radius 1 is 1.26 bits per heavy atom. The molecule has 3 rings (SSSR count). The second-order valence-electron chi connectivity index (χ2n) is 5.18. The number of benzene rings is 1. The molecule has 0 bridgehead atoms. The van der Waals surface area contributed by atoms with Crippen LogP contribution in [0.25, 0.3) is 10.8 Å². The van der Waals surface area contributed by atoms with Gasteiger partial charge in [0.05, 0.1) is 6.20 Å². The number of anilines is 1. The molecule has 100 valence electrons. The summed E-state index contributed by atoms with van der Waals surface area (Å²) < 4.78 is 0. The van der Waals surface area contributed by atoms with Crippen molar-refractivity contribution in [2.75, 3.05) is 18.0 Å². The van der Waals surface area contributed by atoms with Gasteiger partial charge in [-0.2, -0.15) is 5.10 Å². The molecule has 1 aliphatic rings. The molecule has 1 aliphatic heterocycles. The van der Waals surface area contributed by atoms with Crippen molar-refractivity contribution in [2.24, 2.45) is 5.73 Å². The third-order valence-electron chi connectivity index (χ3n) is 3.95. The van der Waals surface area contributed by atoms with E-state index < -0.39 is 0 Å². The van der Waals surface area contributed by atoms with Crippen LogP contribution in [0.5, 0.6) is 0 Å². The number of nitrogens with two attached hydrogens (primary N) is 1. The standard InChI is InChI=1S/C15H20N4/c16-9-8-13-6-3-4-10-19(13)15-14-7-2-1-5-12(14)11-17-18-15/h1-2,5,7,11,13H,3-4,6,8-10,16H2. The molecule has 4 nitrogen and oxygen atoms in total. The van der Waals surface area contributed by atoms with Crippen LogP contribution in [0.4, 0.5) is 5.82 Å². The van der Waals surface area contributed by atoms with E-state index in [0.717, 1.165) is 30.7 Å². The van der Waals surface area contributed by atoms with Crippen LogP contribution >= 0.6 is 0 Å². The highest BCUT2D eigenvalue weighted by Gasteiger charge is 2.24. The second kappa shape index (κ2) is 5.53. The maximum Gasteiger partial charge on any atom is 0.159 e. The molecule has 1 fully saturated rings. The Labute approximate surface area is 113 Å². The van der Waals surface area contributed by atoms with Crippen LogP contribution in [0.15, 0.2) is 30.5 Å². The monoisotopic (exact) mass is 256 g/mol. The molecule has 0 radical (unpaired) electrons. The summed E-state index contributed by atoms with van der Waals surface area (Å²) >= 11 is 0. The van der Waals surface area contributed by atoms with E-state index in [4.69, 9.17) is 5.73 Å². The van der Waals surface area contributed by atoms with Crippen LogP contribution in [0.3, 0.4) is 0 Å². The third kappa shape index (κ3) is 2.40. The molecule has 1 aromatic heterocycles. The molecular formula is C15H20N4. The van der Waals surface area contributed by atoms with Gasteiger partial charge in [0.1, 0.15) is 0 Å². The van der Waals surface area contributed by atoms with Gasteiger partial charge in [-0.3, -0.25) is 0 Å². The molecule has 2 heterocycles. The number of piperidine rings is 1. The Hall–Kier alpha value is -1.68. The zero-order chi connectivity index (χ0) is 13.1. The zero-order valence-corrected chi connectivity index (χ0v) is 11.1. The molecule has 1 unspecified atom stereocenters. The fourth-order valence-corrected chi connectivity index (χ4v) is 3.00. The Bertz CT molecular complexity index is 547. The first kappa shape index (κ1) is 12.4. The molecule has 1 saturated heterocycles. The van der Waals surface area contributed by atoms with Crippen molar-refractivity contribution in [1.29, 1.82) is 0 Å². The predicted molar refractivity (Wildman–Crippen MR) is 78.2 cm³/mol. The summed E-state index contributed by atoms with van der Waals surface area (Å²) in [5.41, 5.74) is 5.75. The van der Waals surface area contributed by atoms with Crippen LogP contribution in [0.2, 0.25) is 0 Å². The van der Waals surface area contributed by atoms with Gasteiger partial charge in [0.25, 0.3) is 0 Å². The molecule has 0 aliphatic carbocycles. The lowest BCUT2D eigenvalue weighted by Gasteiger charge is -2.36. The number of hydrogen-bond donors (Lipinski definition) is 1. The van der Waals surface area contributed by atoms with Crippen LogP contribution < -0.4 is 10.6 Å². The Kier molecular flexibility index (Phi) is 3.60. The molecule has 19 heavy (non-hydrogen) atoms. The predicted octanol–water partition coefficient (Wildman–Crippen LogP) is 2.34. The molecule has 1 atom stereocenters. The molecule has 2 aromatic rings. The van der Waals surface area contributed by atoms with Crippen LogP contribution in [-0.2, 0) is 0 Å². The SMILES string of the molecule is NCCC1CCCCN1c1nncc2ccccc12. The highest BCUT2D eigenvalue weighted by Crippen LogP contribution is 2.29. The van der Waals surface area contributed by atoms with E-state index >= 15 is 0 Å². The van der Waals surface area contributed by atoms with Gasteiger partial charge in [-0.1, -0.05) is 24.3 Å². The van der Waals surface area contributed by atoms with E-state index in [9.17, 15) is 0 Å². The summed E-state index contributed by atoms with van der Waals surface area (Å²) in [7, 11) is 0. The van der Waals surface area contributed by atoms with Gasteiger partial charge < -0.3 is 10.6 Å². The van der Waals surface area contributed by atoms with E-state index in [1.165, 1.54) is 24.6 Å². The van der Waals surface area contributed by atoms with Crippen molar-refractivity contribution in [3.8, 4) is 0 Å². The number of fused-ring (bicyclic) bond motifs is 1. The Morgan fingerprint density at radius 3 is 3.05 bits per heavy atom. The van der Waals surface area contributed by atoms with Crippen LogP contribution in [-0.4, -0.2) is 29.3 Å². The normalized spacial score (nSPS) is 19.8. The molecule has 4 heteroatoms. The van der Waals surface area contributed by atoms with Gasteiger partial charge in [-0.05, 0) is 32.2 Å². The first-order valence-electron chi connectivity index (χ1n) is 7.07. The van der Waals surface area contributed by atoms with Gasteiger partial charge in [0.2, 0.25) is 0 Å². The maximum atomic E-state index is 5.75. The quantitative estimate of drug-likeness (QED) is 0.915. The number of rotatable bonds is 3. The molecule has 0 amide bonds. The van der Waals surface area contributed by atoms with E-state index in [-0.39, 0.29) is 0 Å². The van der Waals surface area contributed by atoms with E-state index in [2.05, 4.69) is 33.3 Å². The molecule has 0 spiro atoms. The van der Waals surface area contributed by atoms with Gasteiger partial charge >= 0.3 is 0 Å². The maximum absolute atomic E-state index is 5.75. The molecular weight excluding hydrogens is 236 g/mol. The highest BCUT2D eigenvalue weighted by atomic mass is 15.3. The van der Waals surface area contributed by atoms with Gasteiger partial charge in [-0.15, -0.1) is 5.10 Å². The first-order valence-corrected chi connectivity index (χ1v) is 7.07. The summed E-state index contributed by atoms with van der Waals surface area (Å²) in [5.74, 6) is 1.02. The second-order valence-corrected chi connectivity index (χ2v) is 5.18. The third-order valence-corrected chi connectivity index (χ3v) is 3.95. The van der Waals surface area contributed by atoms with Crippen molar-refractivity contribution >= 4 is 16.6 Å². The van der Waals surface area contributed by atoms with Crippen molar-refractivity contribution < 1.29 is 0 Å². The highest BCUT2D eigenvalue weighted by molar-refractivity contribution is 5.91. The van der Waals surface area contributed by atoms with Gasteiger partial charge in [0, 0.05) is 23.4 Å².